The Morgan fingerprint density at radius 2 is 2.00 bits per heavy atom. The quantitative estimate of drug-likeness (QED) is 0.761. The zero-order chi connectivity index (χ0) is 13.8. The van der Waals surface area contributed by atoms with E-state index in [1.54, 1.807) is 0 Å². The van der Waals surface area contributed by atoms with Gasteiger partial charge in [0, 0.05) is 25.2 Å². The van der Waals surface area contributed by atoms with Gasteiger partial charge < -0.3 is 0 Å². The molecule has 20 heavy (non-hydrogen) atoms. The minimum Gasteiger partial charge on any atom is -0.297 e. The largest absolute Gasteiger partial charge is 0.297 e. The van der Waals surface area contributed by atoms with Gasteiger partial charge in [0.15, 0.2) is 0 Å². The smallest absolute Gasteiger partial charge is 0.0607 e. The summed E-state index contributed by atoms with van der Waals surface area (Å²) in [5.74, 6) is 6.32. The van der Waals surface area contributed by atoms with Crippen molar-refractivity contribution in [3.05, 3.63) is 35.9 Å². The lowest BCUT2D eigenvalue weighted by Gasteiger charge is -2.48. The molecule has 0 aliphatic carbocycles. The van der Waals surface area contributed by atoms with Crippen molar-refractivity contribution in [2.24, 2.45) is 0 Å². The Kier molecular flexibility index (Phi) is 4.40. The zero-order valence-corrected chi connectivity index (χ0v) is 12.4. The maximum atomic E-state index is 3.27. The average Bonchev–Trinajstić information content (AvgIpc) is 2.53. The van der Waals surface area contributed by atoms with Crippen LogP contribution in [0.15, 0.2) is 30.3 Å². The summed E-state index contributed by atoms with van der Waals surface area (Å²) >= 11 is 0. The van der Waals surface area contributed by atoms with E-state index < -0.39 is 0 Å². The molecule has 1 aromatic carbocycles. The molecule has 0 N–H and O–H groups in total. The van der Waals surface area contributed by atoms with Gasteiger partial charge in [-0.2, -0.15) is 0 Å². The van der Waals surface area contributed by atoms with Crippen molar-refractivity contribution in [2.45, 2.75) is 38.3 Å². The van der Waals surface area contributed by atoms with Gasteiger partial charge in [0.1, 0.15) is 0 Å². The van der Waals surface area contributed by atoms with Crippen LogP contribution in [0.1, 0.15) is 37.8 Å². The number of fused-ring (bicyclic) bond motifs is 1. The molecule has 3 rings (SSSR count). The standard InChI is InChI=1S/C18H24N2/c1-2-3-12-20-14-17-11-7-8-13-19(17)15-18(20)16-9-5-4-6-10-16/h4-6,9-10,17-18H,7-8,11-15H2,1H3. The predicted octanol–water partition coefficient (Wildman–Crippen LogP) is 2.92. The number of piperidine rings is 1. The second kappa shape index (κ2) is 6.43. The minimum atomic E-state index is 0.506. The molecule has 0 saturated carbocycles. The maximum absolute atomic E-state index is 3.27. The lowest BCUT2D eigenvalue weighted by atomic mass is 9.93. The number of benzene rings is 1. The van der Waals surface area contributed by atoms with E-state index >= 15 is 0 Å². The van der Waals surface area contributed by atoms with Gasteiger partial charge in [0.25, 0.3) is 0 Å². The van der Waals surface area contributed by atoms with Gasteiger partial charge in [0.2, 0.25) is 0 Å². The molecular formula is C18H24N2. The summed E-state index contributed by atoms with van der Waals surface area (Å²) in [6, 6.07) is 12.2. The van der Waals surface area contributed by atoms with Gasteiger partial charge in [-0.15, -0.1) is 5.92 Å². The third-order valence-corrected chi connectivity index (χ3v) is 4.69. The van der Waals surface area contributed by atoms with Crippen LogP contribution < -0.4 is 0 Å². The van der Waals surface area contributed by atoms with Gasteiger partial charge >= 0.3 is 0 Å². The summed E-state index contributed by atoms with van der Waals surface area (Å²) in [5, 5.41) is 0. The van der Waals surface area contributed by atoms with Crippen LogP contribution in [-0.4, -0.2) is 42.0 Å². The summed E-state index contributed by atoms with van der Waals surface area (Å²) in [7, 11) is 0. The molecule has 2 heterocycles. The fraction of sp³-hybridized carbons (Fsp3) is 0.556. The van der Waals surface area contributed by atoms with Crippen molar-refractivity contribution in [1.82, 2.24) is 9.80 Å². The topological polar surface area (TPSA) is 6.48 Å². The summed E-state index contributed by atoms with van der Waals surface area (Å²) < 4.78 is 0. The SMILES string of the molecule is CC#CCN1CC2CCCCN2CC1c1ccccc1. The van der Waals surface area contributed by atoms with Crippen molar-refractivity contribution < 1.29 is 0 Å². The Labute approximate surface area is 122 Å². The first kappa shape index (κ1) is 13.7. The number of hydrogen-bond acceptors (Lipinski definition) is 2. The van der Waals surface area contributed by atoms with E-state index in [-0.39, 0.29) is 0 Å². The molecule has 106 valence electrons. The molecule has 0 radical (unpaired) electrons. The number of hydrogen-bond donors (Lipinski definition) is 0. The van der Waals surface area contributed by atoms with E-state index in [9.17, 15) is 0 Å². The van der Waals surface area contributed by atoms with E-state index in [1.165, 1.54) is 44.5 Å². The molecule has 2 unspecified atom stereocenters. The minimum absolute atomic E-state index is 0.506. The number of rotatable bonds is 2. The molecule has 0 spiro atoms. The van der Waals surface area contributed by atoms with Gasteiger partial charge in [-0.05, 0) is 31.9 Å². The fourth-order valence-corrected chi connectivity index (χ4v) is 3.59. The van der Waals surface area contributed by atoms with Gasteiger partial charge in [-0.3, -0.25) is 9.80 Å². The molecule has 2 nitrogen and oxygen atoms in total. The first-order valence-corrected chi connectivity index (χ1v) is 7.81. The Hall–Kier alpha value is -1.30. The van der Waals surface area contributed by atoms with E-state index in [0.717, 1.165) is 12.6 Å². The lowest BCUT2D eigenvalue weighted by molar-refractivity contribution is 0.0153. The van der Waals surface area contributed by atoms with Crippen LogP contribution in [0.5, 0.6) is 0 Å². The molecule has 2 atom stereocenters. The summed E-state index contributed by atoms with van der Waals surface area (Å²) in [5.41, 5.74) is 1.44. The van der Waals surface area contributed by atoms with E-state index in [2.05, 4.69) is 52.0 Å². The summed E-state index contributed by atoms with van der Waals surface area (Å²) in [6.07, 6.45) is 4.12. The van der Waals surface area contributed by atoms with E-state index in [4.69, 9.17) is 0 Å². The Balaban J connectivity index is 1.81. The Bertz CT molecular complexity index is 485. The first-order chi connectivity index (χ1) is 9.88. The third-order valence-electron chi connectivity index (χ3n) is 4.69. The lowest BCUT2D eigenvalue weighted by Crippen LogP contribution is -2.56. The Morgan fingerprint density at radius 1 is 1.15 bits per heavy atom. The maximum Gasteiger partial charge on any atom is 0.0607 e. The van der Waals surface area contributed by atoms with Crippen molar-refractivity contribution in [3.63, 3.8) is 0 Å². The number of nitrogens with zero attached hydrogens (tertiary/aromatic N) is 2. The third kappa shape index (κ3) is 2.90. The molecule has 2 fully saturated rings. The van der Waals surface area contributed by atoms with Crippen molar-refractivity contribution in [1.29, 1.82) is 0 Å². The van der Waals surface area contributed by atoms with Crippen LogP contribution in [0, 0.1) is 11.8 Å². The molecule has 1 aromatic rings. The highest BCUT2D eigenvalue weighted by atomic mass is 15.3. The highest BCUT2D eigenvalue weighted by Crippen LogP contribution is 2.31. The molecule has 2 aliphatic heterocycles. The van der Waals surface area contributed by atoms with E-state index in [1.807, 2.05) is 6.92 Å². The molecule has 0 amide bonds. The summed E-state index contributed by atoms with van der Waals surface area (Å²) in [4.78, 5) is 5.29. The second-order valence-corrected chi connectivity index (χ2v) is 5.93. The van der Waals surface area contributed by atoms with Crippen LogP contribution in [0.4, 0.5) is 0 Å². The van der Waals surface area contributed by atoms with Gasteiger partial charge in [-0.1, -0.05) is 42.7 Å². The molecule has 2 aliphatic rings. The zero-order valence-electron chi connectivity index (χ0n) is 12.4. The monoisotopic (exact) mass is 268 g/mol. The molecule has 2 saturated heterocycles. The summed E-state index contributed by atoms with van der Waals surface area (Å²) in [6.45, 7) is 6.46. The highest BCUT2D eigenvalue weighted by Gasteiger charge is 2.35. The second-order valence-electron chi connectivity index (χ2n) is 5.93. The van der Waals surface area contributed by atoms with Crippen molar-refractivity contribution in [3.8, 4) is 11.8 Å². The average molecular weight is 268 g/mol. The van der Waals surface area contributed by atoms with Crippen LogP contribution in [0.2, 0.25) is 0 Å². The number of piperazine rings is 1. The van der Waals surface area contributed by atoms with Crippen molar-refractivity contribution >= 4 is 0 Å². The molecule has 2 heteroatoms. The Morgan fingerprint density at radius 3 is 2.80 bits per heavy atom. The fourth-order valence-electron chi connectivity index (χ4n) is 3.59. The highest BCUT2D eigenvalue weighted by molar-refractivity contribution is 5.21. The molecule has 0 aromatic heterocycles. The van der Waals surface area contributed by atoms with Gasteiger partial charge in [0.05, 0.1) is 6.54 Å². The van der Waals surface area contributed by atoms with Crippen molar-refractivity contribution in [2.75, 3.05) is 26.2 Å². The van der Waals surface area contributed by atoms with Crippen LogP contribution in [0.25, 0.3) is 0 Å². The first-order valence-electron chi connectivity index (χ1n) is 7.81. The molecular weight excluding hydrogens is 244 g/mol. The normalized spacial score (nSPS) is 27.4. The van der Waals surface area contributed by atoms with Crippen LogP contribution >= 0.6 is 0 Å². The van der Waals surface area contributed by atoms with E-state index in [0.29, 0.717) is 6.04 Å². The van der Waals surface area contributed by atoms with Crippen LogP contribution in [-0.2, 0) is 0 Å². The molecule has 0 bridgehead atoms. The van der Waals surface area contributed by atoms with Gasteiger partial charge in [-0.25, -0.2) is 0 Å². The predicted molar refractivity (Wildman–Crippen MR) is 83.4 cm³/mol. The van der Waals surface area contributed by atoms with Crippen LogP contribution in [0.3, 0.4) is 0 Å².